The lowest BCUT2D eigenvalue weighted by molar-refractivity contribution is 0.151. The molecule has 1 unspecified atom stereocenters. The molecule has 1 aromatic heterocycles. The Balaban J connectivity index is 1.86. The van der Waals surface area contributed by atoms with Gasteiger partial charge in [-0.3, -0.25) is 0 Å². The topological polar surface area (TPSA) is 129 Å². The monoisotopic (exact) mass is 601 g/mol. The maximum atomic E-state index is 15.0. The summed E-state index contributed by atoms with van der Waals surface area (Å²) in [6, 6.07) is 3.11. The highest BCUT2D eigenvalue weighted by Crippen LogP contribution is 2.34. The fraction of sp³-hybridized carbons (Fsp3) is 0.435. The maximum absolute atomic E-state index is 15.0. The van der Waals surface area contributed by atoms with Gasteiger partial charge in [0, 0.05) is 45.7 Å². The second kappa shape index (κ2) is 10.3. The number of benzene rings is 1. The molecule has 11 heteroatoms. The van der Waals surface area contributed by atoms with Crippen molar-refractivity contribution in [3.05, 3.63) is 53.5 Å². The third-order valence-corrected chi connectivity index (χ3v) is 7.65. The molecular formula is C23H34FIN7OP. The molecule has 3 rings (SSSR count). The molecule has 186 valence electrons. The van der Waals surface area contributed by atoms with Crippen LogP contribution in [0.5, 0.6) is 5.75 Å². The molecule has 1 aliphatic rings. The molecule has 0 saturated carbocycles. The van der Waals surface area contributed by atoms with E-state index in [9.17, 15) is 0 Å². The molecule has 1 atom stereocenters. The van der Waals surface area contributed by atoms with Crippen molar-refractivity contribution in [2.45, 2.75) is 57.7 Å². The molecule has 0 spiro atoms. The lowest BCUT2D eigenvalue weighted by Gasteiger charge is -2.47. The van der Waals surface area contributed by atoms with Crippen LogP contribution in [0, 0.1) is 5.82 Å². The minimum Gasteiger partial charge on any atom is -0.496 e. The van der Waals surface area contributed by atoms with Crippen molar-refractivity contribution in [1.29, 1.82) is 0 Å². The first-order valence-corrected chi connectivity index (χ1v) is 15.0. The van der Waals surface area contributed by atoms with E-state index in [1.54, 1.807) is 22.9 Å². The van der Waals surface area contributed by atoms with Gasteiger partial charge in [0.05, 0.1) is 25.4 Å². The van der Waals surface area contributed by atoms with E-state index in [2.05, 4.69) is 65.5 Å². The Hall–Kier alpha value is -2.04. The van der Waals surface area contributed by atoms with E-state index < -0.39 is 5.82 Å². The normalized spacial score (nSPS) is 19.3. The van der Waals surface area contributed by atoms with Crippen LogP contribution >= 0.6 is 28.4 Å². The van der Waals surface area contributed by atoms with Crippen LogP contribution in [0.3, 0.4) is 0 Å². The zero-order valence-corrected chi connectivity index (χ0v) is 23.3. The average Bonchev–Trinajstić information content (AvgIpc) is 3.20. The van der Waals surface area contributed by atoms with Gasteiger partial charge in [0.15, 0.2) is 0 Å². The van der Waals surface area contributed by atoms with Gasteiger partial charge >= 0.3 is 0 Å². The number of allylic oxidation sites excluding steroid dienone is 1. The van der Waals surface area contributed by atoms with Crippen LogP contribution in [-0.2, 0) is 0 Å². The average molecular weight is 601 g/mol. The van der Waals surface area contributed by atoms with Crippen molar-refractivity contribution in [3.8, 4) is 16.9 Å². The quantitative estimate of drug-likeness (QED) is 0.186. The predicted octanol–water partition coefficient (Wildman–Crippen LogP) is 3.77. The number of nitrogens with two attached hydrogens (primary N) is 3. The fourth-order valence-corrected chi connectivity index (χ4v) is 5.81. The van der Waals surface area contributed by atoms with Gasteiger partial charge in [0.2, 0.25) is 0 Å². The molecule has 0 aliphatic carbocycles. The highest BCUT2D eigenvalue weighted by atomic mass is 127. The first kappa shape index (κ1) is 26.6. The zero-order valence-electron chi connectivity index (χ0n) is 20.2. The molecule has 0 radical (unpaired) electrons. The summed E-state index contributed by atoms with van der Waals surface area (Å²) >= 11 is 2.21. The fourth-order valence-electron chi connectivity index (χ4n) is 4.73. The van der Waals surface area contributed by atoms with E-state index in [0.29, 0.717) is 34.6 Å². The first-order valence-electron chi connectivity index (χ1n) is 10.9. The molecule has 8 N–H and O–H groups in total. The maximum Gasteiger partial charge on any atom is 0.132 e. The Labute approximate surface area is 215 Å². The van der Waals surface area contributed by atoms with E-state index in [1.165, 1.54) is 19.3 Å². The van der Waals surface area contributed by atoms with E-state index in [1.807, 2.05) is 0 Å². The van der Waals surface area contributed by atoms with Crippen molar-refractivity contribution in [1.82, 2.24) is 20.2 Å². The van der Waals surface area contributed by atoms with Crippen molar-refractivity contribution < 1.29 is 9.13 Å². The molecule has 1 saturated heterocycles. The third kappa shape index (κ3) is 6.34. The Morgan fingerprint density at radius 2 is 1.91 bits per heavy atom. The number of halogens is 2. The van der Waals surface area contributed by atoms with Crippen molar-refractivity contribution >= 4 is 34.1 Å². The van der Waals surface area contributed by atoms with Gasteiger partial charge in [-0.15, -0.1) is 0 Å². The summed E-state index contributed by atoms with van der Waals surface area (Å²) in [7, 11) is 1.51. The van der Waals surface area contributed by atoms with Gasteiger partial charge in [0.1, 0.15) is 17.4 Å². The second-order valence-electron chi connectivity index (χ2n) is 9.90. The molecule has 1 aromatic carbocycles. The van der Waals surface area contributed by atoms with Crippen molar-refractivity contribution in [3.63, 3.8) is 0 Å². The van der Waals surface area contributed by atoms with Gasteiger partial charge < -0.3 is 32.6 Å². The standard InChI is InChI=1S/C23H34FIN7OP/c1-22(2)9-14(10-23(3,4)31-22)30-21(28)19(27)8-18(26)16-6-17(24)15(7-20(16)33-5)13-11-29-32(12-13)34-25/h6-8,11-12,14,30-31,34H,9-10,26-28H2,1-5H3/b18-8-,21-19-. The highest BCUT2D eigenvalue weighted by Gasteiger charge is 2.37. The molecule has 0 bridgehead atoms. The first-order chi connectivity index (χ1) is 15.8. The van der Waals surface area contributed by atoms with Gasteiger partial charge in [-0.1, -0.05) is 0 Å². The number of aromatic nitrogens is 2. The molecular weight excluding hydrogens is 567 g/mol. The molecule has 2 heterocycles. The highest BCUT2D eigenvalue weighted by molar-refractivity contribution is 14.2. The number of methoxy groups -OCH3 is 1. The summed E-state index contributed by atoms with van der Waals surface area (Å²) in [5.41, 5.74) is 20.7. The molecule has 2 aromatic rings. The zero-order chi connectivity index (χ0) is 25.3. The van der Waals surface area contributed by atoms with Crippen LogP contribution in [0.2, 0.25) is 0 Å². The number of nitrogens with zero attached hydrogens (tertiary/aromatic N) is 2. The molecule has 0 amide bonds. The number of hydrogen-bond acceptors (Lipinski definition) is 7. The summed E-state index contributed by atoms with van der Waals surface area (Å²) in [4.78, 5) is 0. The van der Waals surface area contributed by atoms with Crippen LogP contribution < -0.4 is 32.6 Å². The van der Waals surface area contributed by atoms with E-state index in [4.69, 9.17) is 21.9 Å². The number of nitrogens with one attached hydrogen (secondary N) is 2. The smallest absolute Gasteiger partial charge is 0.132 e. The van der Waals surface area contributed by atoms with Gasteiger partial charge in [-0.2, -0.15) is 5.10 Å². The van der Waals surface area contributed by atoms with Gasteiger partial charge in [0.25, 0.3) is 0 Å². The number of piperidine rings is 1. The second-order valence-corrected chi connectivity index (χ2v) is 12.0. The molecule has 8 nitrogen and oxygen atoms in total. The Morgan fingerprint density at radius 3 is 2.47 bits per heavy atom. The summed E-state index contributed by atoms with van der Waals surface area (Å²) in [5.74, 6) is 0.330. The van der Waals surface area contributed by atoms with Gasteiger partial charge in [-0.05, 0) is 80.8 Å². The van der Waals surface area contributed by atoms with Crippen LogP contribution in [0.25, 0.3) is 16.8 Å². The minimum atomic E-state index is -0.434. The summed E-state index contributed by atoms with van der Waals surface area (Å²) in [6.07, 6.45) is 7.15. The summed E-state index contributed by atoms with van der Waals surface area (Å²) < 4.78 is 22.3. The molecule has 1 fully saturated rings. The molecule has 1 aliphatic heterocycles. The summed E-state index contributed by atoms with van der Waals surface area (Å²) in [5, 5.41) is 11.2. The SMILES string of the molecule is COc1cc(-c2cnn(PI)c2)c(F)cc1/C(N)=C/C(N)=C(\N)NC1CC(C)(C)NC(C)(C)C1. The number of hydrogen-bond donors (Lipinski definition) is 5. The van der Waals surface area contributed by atoms with Crippen molar-refractivity contribution in [2.75, 3.05) is 7.11 Å². The van der Waals surface area contributed by atoms with E-state index in [0.717, 1.165) is 12.8 Å². The van der Waals surface area contributed by atoms with Crippen LogP contribution in [0.1, 0.15) is 46.1 Å². The van der Waals surface area contributed by atoms with E-state index >= 15 is 4.39 Å². The molecule has 34 heavy (non-hydrogen) atoms. The Kier molecular flexibility index (Phi) is 8.04. The Morgan fingerprint density at radius 1 is 1.26 bits per heavy atom. The lowest BCUT2D eigenvalue weighted by Crippen LogP contribution is -2.61. The number of rotatable bonds is 7. The van der Waals surface area contributed by atoms with Crippen molar-refractivity contribution in [2.24, 2.45) is 17.2 Å². The van der Waals surface area contributed by atoms with Crippen LogP contribution in [-0.4, -0.2) is 33.8 Å². The lowest BCUT2D eigenvalue weighted by atomic mass is 9.79. The minimum absolute atomic E-state index is 0.0381. The largest absolute Gasteiger partial charge is 0.496 e. The summed E-state index contributed by atoms with van der Waals surface area (Å²) in [6.45, 7) is 8.67. The Bertz CT molecular complexity index is 1100. The number of ether oxygens (including phenoxy) is 1. The van der Waals surface area contributed by atoms with Gasteiger partial charge in [-0.25, -0.2) is 8.84 Å². The van der Waals surface area contributed by atoms with Crippen LogP contribution in [0.4, 0.5) is 4.39 Å². The predicted molar refractivity (Wildman–Crippen MR) is 147 cm³/mol. The third-order valence-electron chi connectivity index (χ3n) is 5.75. The van der Waals surface area contributed by atoms with E-state index in [-0.39, 0.29) is 28.5 Å². The van der Waals surface area contributed by atoms with Crippen LogP contribution in [0.15, 0.2) is 42.1 Å².